The molecule has 54 valence electrons. The van der Waals surface area contributed by atoms with Gasteiger partial charge in [0, 0.05) is 0 Å². The highest BCUT2D eigenvalue weighted by atomic mass is 32.2. The summed E-state index contributed by atoms with van der Waals surface area (Å²) in [6, 6.07) is 1.82. The fourth-order valence-corrected chi connectivity index (χ4v) is 0.895. The number of hydrogen-bond acceptors (Lipinski definition) is 5. The van der Waals surface area contributed by atoms with Crippen molar-refractivity contribution in [3.8, 4) is 6.07 Å². The molecule has 0 saturated heterocycles. The summed E-state index contributed by atoms with van der Waals surface area (Å²) in [7, 11) is 0. The first-order valence-corrected chi connectivity index (χ1v) is 3.64. The highest BCUT2D eigenvalue weighted by Crippen LogP contribution is 2.17. The zero-order valence-corrected chi connectivity index (χ0v) is 6.56. The predicted molar refractivity (Wildman–Crippen MR) is 42.1 cm³/mol. The van der Waals surface area contributed by atoms with E-state index in [0.717, 1.165) is 18.0 Å². The molecule has 0 heterocycles. The number of thiol groups is 1. The summed E-state index contributed by atoms with van der Waals surface area (Å²) in [4.78, 5) is 9.15. The Morgan fingerprint density at radius 2 is 2.60 bits per heavy atom. The SMILES string of the molecule is N#CCSC(S)=C[N+](=O)[O-]. The van der Waals surface area contributed by atoms with Crippen molar-refractivity contribution in [2.75, 3.05) is 5.75 Å². The molecule has 4 nitrogen and oxygen atoms in total. The molecule has 0 aliphatic carbocycles. The van der Waals surface area contributed by atoms with Gasteiger partial charge in [0.15, 0.2) is 0 Å². The van der Waals surface area contributed by atoms with E-state index in [1.807, 2.05) is 6.07 Å². The van der Waals surface area contributed by atoms with E-state index in [1.54, 1.807) is 0 Å². The van der Waals surface area contributed by atoms with Crippen molar-refractivity contribution in [1.82, 2.24) is 0 Å². The van der Waals surface area contributed by atoms with Crippen LogP contribution in [-0.4, -0.2) is 10.7 Å². The minimum Gasteiger partial charge on any atom is -0.259 e. The molecule has 0 saturated carbocycles. The molecule has 0 amide bonds. The largest absolute Gasteiger partial charge is 0.259 e. The van der Waals surface area contributed by atoms with E-state index in [2.05, 4.69) is 12.6 Å². The zero-order valence-electron chi connectivity index (χ0n) is 4.85. The van der Waals surface area contributed by atoms with Gasteiger partial charge >= 0.3 is 0 Å². The van der Waals surface area contributed by atoms with Crippen LogP contribution in [0.2, 0.25) is 0 Å². The van der Waals surface area contributed by atoms with Crippen LogP contribution in [0.3, 0.4) is 0 Å². The predicted octanol–water partition coefficient (Wildman–Crippen LogP) is 1.25. The first kappa shape index (κ1) is 9.33. The average molecular weight is 176 g/mol. The summed E-state index contributed by atoms with van der Waals surface area (Å²) < 4.78 is 0.242. The molecular formula is C4H4N2O2S2. The molecule has 0 atom stereocenters. The summed E-state index contributed by atoms with van der Waals surface area (Å²) in [6.07, 6.45) is 0.755. The van der Waals surface area contributed by atoms with Crippen molar-refractivity contribution < 1.29 is 4.92 Å². The van der Waals surface area contributed by atoms with Crippen LogP contribution < -0.4 is 0 Å². The topological polar surface area (TPSA) is 66.9 Å². The molecule has 0 aromatic rings. The quantitative estimate of drug-likeness (QED) is 0.399. The van der Waals surface area contributed by atoms with E-state index in [4.69, 9.17) is 5.26 Å². The van der Waals surface area contributed by atoms with Crippen LogP contribution in [0, 0.1) is 21.4 Å². The third-order valence-electron chi connectivity index (χ3n) is 0.500. The van der Waals surface area contributed by atoms with Crippen molar-refractivity contribution in [1.29, 1.82) is 5.26 Å². The Labute approximate surface area is 67.5 Å². The Morgan fingerprint density at radius 1 is 2.00 bits per heavy atom. The molecule has 0 aliphatic heterocycles. The molecule has 0 rings (SSSR count). The zero-order chi connectivity index (χ0) is 7.98. The van der Waals surface area contributed by atoms with Crippen molar-refractivity contribution in [3.63, 3.8) is 0 Å². The van der Waals surface area contributed by atoms with E-state index in [9.17, 15) is 10.1 Å². The molecule has 0 unspecified atom stereocenters. The van der Waals surface area contributed by atoms with Gasteiger partial charge in [0.25, 0.3) is 6.20 Å². The van der Waals surface area contributed by atoms with Crippen molar-refractivity contribution in [3.05, 3.63) is 20.6 Å². The van der Waals surface area contributed by atoms with Crippen molar-refractivity contribution in [2.45, 2.75) is 0 Å². The Hall–Kier alpha value is -0.670. The fraction of sp³-hybridized carbons (Fsp3) is 0.250. The molecule has 0 fully saturated rings. The third kappa shape index (κ3) is 5.47. The van der Waals surface area contributed by atoms with Gasteiger partial charge in [-0.05, 0) is 0 Å². The van der Waals surface area contributed by atoms with E-state index in [0.29, 0.717) is 0 Å². The highest BCUT2D eigenvalue weighted by Gasteiger charge is 1.95. The van der Waals surface area contributed by atoms with Gasteiger partial charge in [-0.25, -0.2) is 0 Å². The van der Waals surface area contributed by atoms with Crippen molar-refractivity contribution >= 4 is 24.4 Å². The summed E-state index contributed by atoms with van der Waals surface area (Å²) >= 11 is 4.76. The standard InChI is InChI=1S/C4H4N2O2S2/c5-1-2-10-4(9)3-6(7)8/h3,9H,2H2. The Kier molecular flexibility index (Phi) is 4.80. The van der Waals surface area contributed by atoms with Gasteiger partial charge in [0.05, 0.1) is 16.7 Å². The second-order valence-electron chi connectivity index (χ2n) is 1.20. The van der Waals surface area contributed by atoms with Gasteiger partial charge < -0.3 is 0 Å². The van der Waals surface area contributed by atoms with Crippen LogP contribution in [0.25, 0.3) is 0 Å². The van der Waals surface area contributed by atoms with E-state index in [1.165, 1.54) is 0 Å². The molecule has 6 heteroatoms. The minimum absolute atomic E-state index is 0.184. The summed E-state index contributed by atoms with van der Waals surface area (Å²) in [5.41, 5.74) is 0. The van der Waals surface area contributed by atoms with Crippen LogP contribution >= 0.6 is 24.4 Å². The fourth-order valence-electron chi connectivity index (χ4n) is 0.234. The highest BCUT2D eigenvalue weighted by molar-refractivity contribution is 8.15. The minimum atomic E-state index is -0.604. The third-order valence-corrected chi connectivity index (χ3v) is 1.68. The van der Waals surface area contributed by atoms with Crippen LogP contribution in [0.4, 0.5) is 0 Å². The second kappa shape index (κ2) is 5.14. The molecule has 0 N–H and O–H groups in total. The van der Waals surface area contributed by atoms with Gasteiger partial charge in [0.1, 0.15) is 4.24 Å². The molecule has 0 spiro atoms. The Balaban J connectivity index is 3.74. The number of nitro groups is 1. The van der Waals surface area contributed by atoms with E-state index in [-0.39, 0.29) is 9.99 Å². The lowest BCUT2D eigenvalue weighted by atomic mass is 10.9. The number of nitriles is 1. The molecular weight excluding hydrogens is 172 g/mol. The lowest BCUT2D eigenvalue weighted by molar-refractivity contribution is -0.402. The first-order valence-electron chi connectivity index (χ1n) is 2.21. The molecule has 0 aliphatic rings. The van der Waals surface area contributed by atoms with Crippen LogP contribution in [0.1, 0.15) is 0 Å². The first-order chi connectivity index (χ1) is 4.66. The maximum Gasteiger partial charge on any atom is 0.254 e. The summed E-state index contributed by atoms with van der Waals surface area (Å²) in [5.74, 6) is 0.184. The molecule has 0 radical (unpaired) electrons. The van der Waals surface area contributed by atoms with Crippen LogP contribution in [0.15, 0.2) is 10.4 Å². The lowest BCUT2D eigenvalue weighted by Crippen LogP contribution is -1.83. The van der Waals surface area contributed by atoms with Gasteiger partial charge in [-0.2, -0.15) is 5.26 Å². The molecule has 10 heavy (non-hydrogen) atoms. The Bertz CT molecular complexity index is 196. The average Bonchev–Trinajstić information content (AvgIpc) is 1.82. The second-order valence-corrected chi connectivity index (χ2v) is 3.00. The van der Waals surface area contributed by atoms with Gasteiger partial charge in [-0.1, -0.05) is 11.8 Å². The van der Waals surface area contributed by atoms with Crippen LogP contribution in [0.5, 0.6) is 0 Å². The maximum absolute atomic E-state index is 9.76. The van der Waals surface area contributed by atoms with Gasteiger partial charge in [-0.15, -0.1) is 12.6 Å². The van der Waals surface area contributed by atoms with Crippen LogP contribution in [-0.2, 0) is 0 Å². The lowest BCUT2D eigenvalue weighted by Gasteiger charge is -1.87. The van der Waals surface area contributed by atoms with Crippen molar-refractivity contribution in [2.24, 2.45) is 0 Å². The Morgan fingerprint density at radius 3 is 3.00 bits per heavy atom. The normalized spacial score (nSPS) is 10.6. The van der Waals surface area contributed by atoms with E-state index >= 15 is 0 Å². The van der Waals surface area contributed by atoms with E-state index < -0.39 is 4.92 Å². The number of thioether (sulfide) groups is 1. The smallest absolute Gasteiger partial charge is 0.254 e. The number of rotatable bonds is 3. The monoisotopic (exact) mass is 176 g/mol. The van der Waals surface area contributed by atoms with Gasteiger partial charge in [0.2, 0.25) is 0 Å². The molecule has 0 aromatic heterocycles. The van der Waals surface area contributed by atoms with Gasteiger partial charge in [-0.3, -0.25) is 10.1 Å². The summed E-state index contributed by atoms with van der Waals surface area (Å²) in [6.45, 7) is 0. The molecule has 0 bridgehead atoms. The summed E-state index contributed by atoms with van der Waals surface area (Å²) in [5, 5.41) is 17.8. The number of nitrogens with zero attached hydrogens (tertiary/aromatic N) is 2. The maximum atomic E-state index is 9.76. The number of hydrogen-bond donors (Lipinski definition) is 1. The molecule has 0 aromatic carbocycles.